The van der Waals surface area contributed by atoms with Gasteiger partial charge in [-0.25, -0.2) is 8.78 Å². The fourth-order valence-corrected chi connectivity index (χ4v) is 3.19. The molecule has 1 atom stereocenters. The van der Waals surface area contributed by atoms with Gasteiger partial charge in [0.2, 0.25) is 5.91 Å². The summed E-state index contributed by atoms with van der Waals surface area (Å²) in [6.45, 7) is 1.18. The molecule has 1 aliphatic heterocycles. The highest BCUT2D eigenvalue weighted by molar-refractivity contribution is 5.77. The summed E-state index contributed by atoms with van der Waals surface area (Å²) in [4.78, 5) is 13.8. The van der Waals surface area contributed by atoms with Crippen molar-refractivity contribution in [3.63, 3.8) is 0 Å². The van der Waals surface area contributed by atoms with Crippen molar-refractivity contribution in [1.29, 1.82) is 0 Å². The molecule has 0 aromatic heterocycles. The number of carbonyl (C=O) groups excluding carboxylic acids is 1. The second kappa shape index (κ2) is 7.15. The second-order valence-electron chi connectivity index (χ2n) is 5.73. The predicted octanol–water partition coefficient (Wildman–Crippen LogP) is 2.08. The van der Waals surface area contributed by atoms with Crippen molar-refractivity contribution >= 4 is 5.91 Å². The van der Waals surface area contributed by atoms with Crippen LogP contribution < -0.4 is 5.32 Å². The summed E-state index contributed by atoms with van der Waals surface area (Å²) in [5.41, 5.74) is -0.467. The predicted molar refractivity (Wildman–Crippen MR) is 79.3 cm³/mol. The molecule has 0 bridgehead atoms. The molecule has 0 radical (unpaired) electrons. The molecule has 0 saturated carbocycles. The molecular formula is C16H22F2N2O2. The summed E-state index contributed by atoms with van der Waals surface area (Å²) >= 11 is 0. The molecule has 122 valence electrons. The summed E-state index contributed by atoms with van der Waals surface area (Å²) in [6, 6.07) is 3.86. The van der Waals surface area contributed by atoms with Crippen molar-refractivity contribution in [2.75, 3.05) is 27.3 Å². The van der Waals surface area contributed by atoms with E-state index in [0.29, 0.717) is 13.2 Å². The van der Waals surface area contributed by atoms with Gasteiger partial charge in [-0.2, -0.15) is 0 Å². The van der Waals surface area contributed by atoms with E-state index in [2.05, 4.69) is 5.32 Å². The summed E-state index contributed by atoms with van der Waals surface area (Å²) in [7, 11) is 3.16. The van der Waals surface area contributed by atoms with Crippen LogP contribution in [0.5, 0.6) is 0 Å². The number of halogens is 2. The van der Waals surface area contributed by atoms with Crippen molar-refractivity contribution in [2.24, 2.45) is 0 Å². The molecular weight excluding hydrogens is 290 g/mol. The van der Waals surface area contributed by atoms with Gasteiger partial charge in [-0.05, 0) is 31.5 Å². The van der Waals surface area contributed by atoms with Gasteiger partial charge in [-0.1, -0.05) is 6.07 Å². The third-order valence-electron chi connectivity index (χ3n) is 4.33. The highest BCUT2D eigenvalue weighted by atomic mass is 19.1. The third kappa shape index (κ3) is 3.44. The van der Waals surface area contributed by atoms with E-state index in [9.17, 15) is 13.6 Å². The first-order valence-electron chi connectivity index (χ1n) is 7.40. The van der Waals surface area contributed by atoms with Crippen LogP contribution in [-0.2, 0) is 16.1 Å². The van der Waals surface area contributed by atoms with E-state index in [0.717, 1.165) is 12.8 Å². The summed E-state index contributed by atoms with van der Waals surface area (Å²) in [5.74, 6) is -1.21. The molecule has 0 unspecified atom stereocenters. The summed E-state index contributed by atoms with van der Waals surface area (Å²) in [5, 5.41) is 2.61. The minimum Gasteiger partial charge on any atom is -0.383 e. The molecule has 2 rings (SSSR count). The van der Waals surface area contributed by atoms with Crippen molar-refractivity contribution in [2.45, 2.75) is 31.3 Å². The van der Waals surface area contributed by atoms with Crippen molar-refractivity contribution in [3.8, 4) is 0 Å². The largest absolute Gasteiger partial charge is 0.383 e. The van der Waals surface area contributed by atoms with Gasteiger partial charge in [-0.15, -0.1) is 0 Å². The highest BCUT2D eigenvalue weighted by Gasteiger charge is 2.42. The minimum atomic E-state index is -0.557. The number of hydrogen-bond acceptors (Lipinski definition) is 3. The van der Waals surface area contributed by atoms with Crippen molar-refractivity contribution in [1.82, 2.24) is 10.2 Å². The van der Waals surface area contributed by atoms with Gasteiger partial charge in [0.25, 0.3) is 0 Å². The van der Waals surface area contributed by atoms with E-state index in [1.54, 1.807) is 14.2 Å². The van der Waals surface area contributed by atoms with E-state index in [1.165, 1.54) is 18.2 Å². The number of methoxy groups -OCH3 is 1. The molecule has 1 saturated heterocycles. The number of rotatable bonds is 6. The topological polar surface area (TPSA) is 41.6 Å². The number of amides is 1. The Morgan fingerprint density at radius 2 is 2.09 bits per heavy atom. The molecule has 1 N–H and O–H groups in total. The van der Waals surface area contributed by atoms with E-state index in [-0.39, 0.29) is 24.4 Å². The van der Waals surface area contributed by atoms with Gasteiger partial charge < -0.3 is 10.1 Å². The molecule has 1 heterocycles. The standard InChI is InChI=1S/C16H22F2N2O2/c1-19-15(21)9-16(11-22-2)7-4-8-20(16)10-12-13(17)5-3-6-14(12)18/h3,5-6H,4,7-11H2,1-2H3,(H,19,21)/t16-/m0/s1. The maximum absolute atomic E-state index is 13.9. The van der Waals surface area contributed by atoms with Gasteiger partial charge in [-0.3, -0.25) is 9.69 Å². The van der Waals surface area contributed by atoms with Crippen LogP contribution in [0.3, 0.4) is 0 Å². The van der Waals surface area contributed by atoms with Crippen molar-refractivity contribution < 1.29 is 18.3 Å². The first-order chi connectivity index (χ1) is 10.5. The molecule has 6 heteroatoms. The highest BCUT2D eigenvalue weighted by Crippen LogP contribution is 2.35. The van der Waals surface area contributed by atoms with Crippen LogP contribution in [0.2, 0.25) is 0 Å². The zero-order valence-corrected chi connectivity index (χ0v) is 13.0. The van der Waals surface area contributed by atoms with E-state index < -0.39 is 17.2 Å². The lowest BCUT2D eigenvalue weighted by Gasteiger charge is -2.37. The molecule has 1 amide bonds. The number of nitrogens with zero attached hydrogens (tertiary/aromatic N) is 1. The minimum absolute atomic E-state index is 0.0433. The van der Waals surface area contributed by atoms with E-state index >= 15 is 0 Å². The number of carbonyl (C=O) groups is 1. The van der Waals surface area contributed by atoms with Crippen LogP contribution in [0.25, 0.3) is 0 Å². The zero-order chi connectivity index (χ0) is 16.2. The lowest BCUT2D eigenvalue weighted by molar-refractivity contribution is -0.124. The first kappa shape index (κ1) is 16.8. The van der Waals surface area contributed by atoms with E-state index in [1.807, 2.05) is 4.90 Å². The number of hydrogen-bond donors (Lipinski definition) is 1. The van der Waals surface area contributed by atoms with Crippen molar-refractivity contribution in [3.05, 3.63) is 35.4 Å². The quantitative estimate of drug-likeness (QED) is 0.874. The Bertz CT molecular complexity index is 519. The third-order valence-corrected chi connectivity index (χ3v) is 4.33. The fourth-order valence-electron chi connectivity index (χ4n) is 3.19. The molecule has 1 aromatic rings. The SMILES string of the molecule is CNC(=O)C[C@]1(COC)CCCN1Cc1c(F)cccc1F. The Balaban J connectivity index is 2.25. The molecule has 0 aliphatic carbocycles. The Morgan fingerprint density at radius 3 is 2.68 bits per heavy atom. The number of nitrogens with one attached hydrogen (secondary N) is 1. The molecule has 1 aromatic carbocycles. The monoisotopic (exact) mass is 312 g/mol. The average Bonchev–Trinajstić information content (AvgIpc) is 2.85. The first-order valence-corrected chi connectivity index (χ1v) is 7.40. The van der Waals surface area contributed by atoms with Crippen LogP contribution in [0, 0.1) is 11.6 Å². The maximum Gasteiger partial charge on any atom is 0.221 e. The molecule has 22 heavy (non-hydrogen) atoms. The normalized spacial score (nSPS) is 22.0. The van der Waals surface area contributed by atoms with Gasteiger partial charge in [0.05, 0.1) is 12.1 Å². The smallest absolute Gasteiger partial charge is 0.221 e. The van der Waals surface area contributed by atoms with Gasteiger partial charge in [0.15, 0.2) is 0 Å². The molecule has 1 fully saturated rings. The van der Waals surface area contributed by atoms with Crippen LogP contribution >= 0.6 is 0 Å². The van der Waals surface area contributed by atoms with Gasteiger partial charge >= 0.3 is 0 Å². The summed E-state index contributed by atoms with van der Waals surface area (Å²) < 4.78 is 33.1. The van der Waals surface area contributed by atoms with Crippen LogP contribution in [-0.4, -0.2) is 43.7 Å². The Hall–Kier alpha value is -1.53. The van der Waals surface area contributed by atoms with Crippen LogP contribution in [0.4, 0.5) is 8.78 Å². The van der Waals surface area contributed by atoms with Crippen LogP contribution in [0.15, 0.2) is 18.2 Å². The lowest BCUT2D eigenvalue weighted by atomic mass is 9.92. The zero-order valence-electron chi connectivity index (χ0n) is 13.0. The molecule has 1 aliphatic rings. The van der Waals surface area contributed by atoms with Gasteiger partial charge in [0.1, 0.15) is 11.6 Å². The number of ether oxygens (including phenoxy) is 1. The Morgan fingerprint density at radius 1 is 1.41 bits per heavy atom. The molecule has 4 nitrogen and oxygen atoms in total. The average molecular weight is 312 g/mol. The second-order valence-corrected chi connectivity index (χ2v) is 5.73. The van der Waals surface area contributed by atoms with E-state index in [4.69, 9.17) is 4.74 Å². The number of benzene rings is 1. The lowest BCUT2D eigenvalue weighted by Crippen LogP contribution is -2.50. The summed E-state index contributed by atoms with van der Waals surface area (Å²) in [6.07, 6.45) is 1.90. The van der Waals surface area contributed by atoms with Gasteiger partial charge in [0, 0.05) is 32.7 Å². The van der Waals surface area contributed by atoms with Crippen LogP contribution in [0.1, 0.15) is 24.8 Å². The fraction of sp³-hybridized carbons (Fsp3) is 0.562. The molecule has 0 spiro atoms. The number of likely N-dealkylation sites (tertiary alicyclic amines) is 1. The Labute approximate surface area is 129 Å². The Kier molecular flexibility index (Phi) is 5.47. The maximum atomic E-state index is 13.9.